The van der Waals surface area contributed by atoms with Gasteiger partial charge in [-0.3, -0.25) is 14.7 Å². The molecule has 2 aliphatic rings. The number of hydrogen-bond donors (Lipinski definition) is 1. The van der Waals surface area contributed by atoms with Crippen molar-refractivity contribution in [2.75, 3.05) is 13.3 Å². The first kappa shape index (κ1) is 27.2. The molecular weight excluding hydrogens is 429 g/mol. The van der Waals surface area contributed by atoms with Crippen LogP contribution in [-0.4, -0.2) is 37.2 Å². The van der Waals surface area contributed by atoms with Crippen LogP contribution < -0.4 is 5.32 Å². The highest BCUT2D eigenvalue weighted by Crippen LogP contribution is 2.36. The molecule has 0 saturated heterocycles. The molecule has 2 fully saturated rings. The summed E-state index contributed by atoms with van der Waals surface area (Å²) in [5, 5.41) is 2.78. The Morgan fingerprint density at radius 1 is 0.938 bits per heavy atom. The number of nitrogens with one attached hydrogen (secondary N) is 1. The maximum absolute atomic E-state index is 13.0. The average Bonchev–Trinajstić information content (AvgIpc) is 2.72. The Hall–Kier alpha value is -1.07. The predicted molar refractivity (Wildman–Crippen MR) is 126 cm³/mol. The molecule has 1 N–H and O–H groups in total. The molecule has 2 rings (SSSR count). The average molecular weight is 474 g/mol. The van der Waals surface area contributed by atoms with E-state index in [-0.39, 0.29) is 12.1 Å². The summed E-state index contributed by atoms with van der Waals surface area (Å²) in [5.74, 6) is 0.158. The standard InChI is InChI=1S/C24H44NO6P/c1-24(2,3)30-23(27)25-21(16-19-13-9-6-10-14-19)31-32(28)17-20(22(26)29-4)15-18-11-7-5-8-12-18/h18-21,32H,5-17H2,1-4H3,(H,25,27). The van der Waals surface area contributed by atoms with Gasteiger partial charge in [0.2, 0.25) is 0 Å². The first-order valence-corrected chi connectivity index (χ1v) is 14.0. The minimum atomic E-state index is -2.55. The van der Waals surface area contributed by atoms with Crippen LogP contribution in [0.4, 0.5) is 4.79 Å². The Balaban J connectivity index is 1.97. The van der Waals surface area contributed by atoms with Gasteiger partial charge in [-0.25, -0.2) is 4.79 Å². The molecule has 0 bridgehead atoms. The number of amides is 1. The number of carbonyl (C=O) groups excluding carboxylic acids is 2. The summed E-state index contributed by atoms with van der Waals surface area (Å²) >= 11 is 0. The van der Waals surface area contributed by atoms with Gasteiger partial charge in [0.15, 0.2) is 8.03 Å². The number of alkyl carbamates (subject to hydrolysis) is 1. The monoisotopic (exact) mass is 473 g/mol. The van der Waals surface area contributed by atoms with Crippen molar-refractivity contribution in [1.82, 2.24) is 5.32 Å². The Bertz CT molecular complexity index is 608. The fourth-order valence-corrected chi connectivity index (χ4v) is 6.27. The van der Waals surface area contributed by atoms with E-state index in [4.69, 9.17) is 14.0 Å². The second kappa shape index (κ2) is 13.6. The van der Waals surface area contributed by atoms with Crippen LogP contribution in [0.25, 0.3) is 0 Å². The minimum absolute atomic E-state index is 0.158. The summed E-state index contributed by atoms with van der Waals surface area (Å²) in [4.78, 5) is 24.7. The second-order valence-electron chi connectivity index (χ2n) is 10.5. The van der Waals surface area contributed by atoms with Gasteiger partial charge in [-0.1, -0.05) is 64.2 Å². The molecule has 0 aromatic carbocycles. The molecule has 0 radical (unpaired) electrons. The molecule has 0 heterocycles. The molecule has 3 unspecified atom stereocenters. The van der Waals surface area contributed by atoms with Crippen molar-refractivity contribution in [1.29, 1.82) is 0 Å². The van der Waals surface area contributed by atoms with E-state index in [9.17, 15) is 14.2 Å². The lowest BCUT2D eigenvalue weighted by molar-refractivity contribution is -0.145. The summed E-state index contributed by atoms with van der Waals surface area (Å²) in [7, 11) is -1.17. The molecule has 2 saturated carbocycles. The number of carbonyl (C=O) groups is 2. The molecule has 0 aromatic heterocycles. The molecule has 8 heteroatoms. The van der Waals surface area contributed by atoms with Crippen molar-refractivity contribution in [3.8, 4) is 0 Å². The number of rotatable bonds is 10. The lowest BCUT2D eigenvalue weighted by Crippen LogP contribution is -2.41. The highest BCUT2D eigenvalue weighted by molar-refractivity contribution is 7.39. The zero-order valence-electron chi connectivity index (χ0n) is 20.5. The first-order chi connectivity index (χ1) is 15.2. The van der Waals surface area contributed by atoms with Gasteiger partial charge in [0.25, 0.3) is 0 Å². The lowest BCUT2D eigenvalue weighted by atomic mass is 9.83. The van der Waals surface area contributed by atoms with Gasteiger partial charge >= 0.3 is 12.1 Å². The Kier molecular flexibility index (Phi) is 11.5. The van der Waals surface area contributed by atoms with Crippen molar-refractivity contribution in [3.63, 3.8) is 0 Å². The SMILES string of the molecule is COC(=O)C(CC1CCCCC1)C[PH](=O)OC(CC1CCCCC1)NC(=O)OC(C)(C)C. The molecule has 2 aliphatic carbocycles. The molecule has 32 heavy (non-hydrogen) atoms. The molecule has 186 valence electrons. The summed E-state index contributed by atoms with van der Waals surface area (Å²) in [5.41, 5.74) is -0.624. The number of ether oxygens (including phenoxy) is 2. The fraction of sp³-hybridized carbons (Fsp3) is 0.917. The van der Waals surface area contributed by atoms with Crippen LogP contribution in [0.2, 0.25) is 0 Å². The minimum Gasteiger partial charge on any atom is -0.469 e. The quantitative estimate of drug-likeness (QED) is 0.236. The Morgan fingerprint density at radius 2 is 1.47 bits per heavy atom. The largest absolute Gasteiger partial charge is 0.469 e. The molecule has 1 amide bonds. The van der Waals surface area contributed by atoms with Crippen molar-refractivity contribution in [2.45, 2.75) is 110 Å². The van der Waals surface area contributed by atoms with E-state index in [1.165, 1.54) is 45.6 Å². The topological polar surface area (TPSA) is 90.9 Å². The number of esters is 1. The van der Waals surface area contributed by atoms with Gasteiger partial charge in [0, 0.05) is 6.16 Å². The fourth-order valence-electron chi connectivity index (χ4n) is 4.96. The van der Waals surface area contributed by atoms with Crippen LogP contribution in [0.15, 0.2) is 0 Å². The van der Waals surface area contributed by atoms with Gasteiger partial charge in [-0.2, -0.15) is 0 Å². The van der Waals surface area contributed by atoms with Crippen LogP contribution >= 0.6 is 8.03 Å². The van der Waals surface area contributed by atoms with E-state index >= 15 is 0 Å². The van der Waals surface area contributed by atoms with Crippen LogP contribution in [0.3, 0.4) is 0 Å². The van der Waals surface area contributed by atoms with E-state index in [0.29, 0.717) is 24.7 Å². The van der Waals surface area contributed by atoms with E-state index in [1.54, 1.807) is 20.8 Å². The van der Waals surface area contributed by atoms with Crippen molar-refractivity contribution < 1.29 is 28.2 Å². The summed E-state index contributed by atoms with van der Waals surface area (Å²) in [6.07, 6.45) is 11.8. The molecular formula is C24H44NO6P. The molecule has 0 spiro atoms. The normalized spacial score (nSPS) is 21.4. The van der Waals surface area contributed by atoms with E-state index in [2.05, 4.69) is 5.32 Å². The van der Waals surface area contributed by atoms with Gasteiger partial charge in [-0.15, -0.1) is 0 Å². The molecule has 0 aliphatic heterocycles. The molecule has 7 nitrogen and oxygen atoms in total. The highest BCUT2D eigenvalue weighted by Gasteiger charge is 2.30. The Labute approximate surface area is 194 Å². The van der Waals surface area contributed by atoms with Gasteiger partial charge < -0.3 is 14.0 Å². The predicted octanol–water partition coefficient (Wildman–Crippen LogP) is 6.06. The second-order valence-corrected chi connectivity index (χ2v) is 11.9. The van der Waals surface area contributed by atoms with Crippen molar-refractivity contribution in [2.24, 2.45) is 17.8 Å². The van der Waals surface area contributed by atoms with E-state index in [0.717, 1.165) is 25.7 Å². The van der Waals surface area contributed by atoms with Crippen LogP contribution in [0, 0.1) is 17.8 Å². The lowest BCUT2D eigenvalue weighted by Gasteiger charge is -2.29. The van der Waals surface area contributed by atoms with E-state index in [1.807, 2.05) is 0 Å². The van der Waals surface area contributed by atoms with Gasteiger partial charge in [0.05, 0.1) is 13.0 Å². The number of methoxy groups -OCH3 is 1. The third kappa shape index (κ3) is 10.7. The first-order valence-electron chi connectivity index (χ1n) is 12.4. The summed E-state index contributed by atoms with van der Waals surface area (Å²) < 4.78 is 29.3. The summed E-state index contributed by atoms with van der Waals surface area (Å²) in [6.45, 7) is 5.41. The zero-order valence-corrected chi connectivity index (χ0v) is 21.5. The smallest absolute Gasteiger partial charge is 0.409 e. The van der Waals surface area contributed by atoms with Crippen molar-refractivity contribution >= 4 is 20.1 Å². The maximum atomic E-state index is 13.0. The van der Waals surface area contributed by atoms with Crippen molar-refractivity contribution in [3.05, 3.63) is 0 Å². The summed E-state index contributed by atoms with van der Waals surface area (Å²) in [6, 6.07) is 0. The third-order valence-corrected chi connectivity index (χ3v) is 7.89. The van der Waals surface area contributed by atoms with Gasteiger partial charge in [0.1, 0.15) is 11.8 Å². The Morgan fingerprint density at radius 3 is 1.97 bits per heavy atom. The highest BCUT2D eigenvalue weighted by atomic mass is 31.1. The van der Waals surface area contributed by atoms with Crippen LogP contribution in [-0.2, 0) is 23.4 Å². The molecule has 3 atom stereocenters. The van der Waals surface area contributed by atoms with Gasteiger partial charge in [-0.05, 0) is 45.4 Å². The maximum Gasteiger partial charge on any atom is 0.409 e. The third-order valence-electron chi connectivity index (χ3n) is 6.51. The zero-order chi connectivity index (χ0) is 23.6. The van der Waals surface area contributed by atoms with Crippen LogP contribution in [0.1, 0.15) is 97.8 Å². The number of hydrogen-bond acceptors (Lipinski definition) is 6. The van der Waals surface area contributed by atoms with E-state index < -0.39 is 31.9 Å². The molecule has 0 aromatic rings. The van der Waals surface area contributed by atoms with Crippen LogP contribution in [0.5, 0.6) is 0 Å².